The van der Waals surface area contributed by atoms with Crippen molar-refractivity contribution in [1.29, 1.82) is 0 Å². The number of alkyl halides is 3. The maximum Gasteiger partial charge on any atom is 0.416 e. The molecule has 0 fully saturated rings. The molecule has 2 N–H and O–H groups in total. The van der Waals surface area contributed by atoms with Crippen LogP contribution in [0.5, 0.6) is 0 Å². The standard InChI is InChI=1S/C15H13F4N/c16-13-7-2-1-4-10(13)9-14(20)11-5-3-6-12(8-11)15(17,18)19/h1-8,14H,9,20H2. The summed E-state index contributed by atoms with van der Waals surface area (Å²) in [6.07, 6.45) is -4.26. The summed E-state index contributed by atoms with van der Waals surface area (Å²) in [6.45, 7) is 0. The van der Waals surface area contributed by atoms with E-state index < -0.39 is 23.6 Å². The van der Waals surface area contributed by atoms with E-state index in [1.807, 2.05) is 0 Å². The summed E-state index contributed by atoms with van der Waals surface area (Å²) in [5, 5.41) is 0. The van der Waals surface area contributed by atoms with Gasteiger partial charge < -0.3 is 5.73 Å². The van der Waals surface area contributed by atoms with Crippen molar-refractivity contribution < 1.29 is 17.6 Å². The number of hydrogen-bond donors (Lipinski definition) is 1. The molecular formula is C15H13F4N. The van der Waals surface area contributed by atoms with Crippen molar-refractivity contribution in [3.63, 3.8) is 0 Å². The molecule has 0 aromatic heterocycles. The molecule has 2 aromatic carbocycles. The second-order valence-electron chi connectivity index (χ2n) is 4.53. The summed E-state index contributed by atoms with van der Waals surface area (Å²) in [6, 6.07) is 10.2. The Morgan fingerprint density at radius 2 is 1.70 bits per heavy atom. The third-order valence-corrected chi connectivity index (χ3v) is 3.04. The van der Waals surface area contributed by atoms with Crippen LogP contribution < -0.4 is 5.73 Å². The van der Waals surface area contributed by atoms with E-state index in [1.165, 1.54) is 18.2 Å². The molecule has 1 nitrogen and oxygen atoms in total. The Balaban J connectivity index is 2.22. The van der Waals surface area contributed by atoms with Gasteiger partial charge in [-0.15, -0.1) is 0 Å². The summed E-state index contributed by atoms with van der Waals surface area (Å²) in [4.78, 5) is 0. The van der Waals surface area contributed by atoms with Crippen LogP contribution in [0.25, 0.3) is 0 Å². The molecule has 0 aliphatic rings. The Labute approximate surface area is 114 Å². The zero-order valence-electron chi connectivity index (χ0n) is 10.5. The molecule has 5 heteroatoms. The van der Waals surface area contributed by atoms with Gasteiger partial charge in [-0.05, 0) is 35.7 Å². The van der Waals surface area contributed by atoms with Crippen molar-refractivity contribution >= 4 is 0 Å². The third-order valence-electron chi connectivity index (χ3n) is 3.04. The highest BCUT2D eigenvalue weighted by Gasteiger charge is 2.30. The fourth-order valence-corrected chi connectivity index (χ4v) is 1.96. The highest BCUT2D eigenvalue weighted by atomic mass is 19.4. The van der Waals surface area contributed by atoms with Crippen LogP contribution in [0.3, 0.4) is 0 Å². The van der Waals surface area contributed by atoms with Gasteiger partial charge in [-0.25, -0.2) is 4.39 Å². The van der Waals surface area contributed by atoms with E-state index in [-0.39, 0.29) is 6.42 Å². The molecule has 0 heterocycles. The number of hydrogen-bond acceptors (Lipinski definition) is 1. The molecule has 1 atom stereocenters. The molecule has 0 saturated carbocycles. The normalized spacial score (nSPS) is 13.2. The van der Waals surface area contributed by atoms with Crippen molar-refractivity contribution in [2.24, 2.45) is 5.73 Å². The smallest absolute Gasteiger partial charge is 0.324 e. The Bertz CT molecular complexity index is 592. The van der Waals surface area contributed by atoms with Crippen LogP contribution >= 0.6 is 0 Å². The highest BCUT2D eigenvalue weighted by molar-refractivity contribution is 5.29. The maximum absolute atomic E-state index is 13.5. The minimum absolute atomic E-state index is 0.147. The van der Waals surface area contributed by atoms with Crippen LogP contribution in [0, 0.1) is 5.82 Å². The van der Waals surface area contributed by atoms with E-state index in [0.29, 0.717) is 11.1 Å². The van der Waals surface area contributed by atoms with Gasteiger partial charge in [0.05, 0.1) is 5.56 Å². The van der Waals surface area contributed by atoms with Crippen LogP contribution in [0.15, 0.2) is 48.5 Å². The quantitative estimate of drug-likeness (QED) is 0.844. The molecule has 106 valence electrons. The Kier molecular flexibility index (Phi) is 4.09. The molecule has 0 spiro atoms. The minimum atomic E-state index is -4.41. The Morgan fingerprint density at radius 1 is 1.00 bits per heavy atom. The topological polar surface area (TPSA) is 26.0 Å². The van der Waals surface area contributed by atoms with Gasteiger partial charge in [0.25, 0.3) is 0 Å². The second kappa shape index (κ2) is 5.63. The average molecular weight is 283 g/mol. The van der Waals surface area contributed by atoms with Gasteiger partial charge in [-0.1, -0.05) is 30.3 Å². The van der Waals surface area contributed by atoms with Crippen molar-refractivity contribution in [2.45, 2.75) is 18.6 Å². The molecule has 0 radical (unpaired) electrons. The lowest BCUT2D eigenvalue weighted by atomic mass is 9.98. The zero-order valence-corrected chi connectivity index (χ0v) is 10.5. The van der Waals surface area contributed by atoms with Crippen LogP contribution in [0.2, 0.25) is 0 Å². The summed E-state index contributed by atoms with van der Waals surface area (Å²) >= 11 is 0. The van der Waals surface area contributed by atoms with Crippen molar-refractivity contribution in [3.8, 4) is 0 Å². The summed E-state index contributed by atoms with van der Waals surface area (Å²) < 4.78 is 51.4. The van der Waals surface area contributed by atoms with Crippen molar-refractivity contribution in [1.82, 2.24) is 0 Å². The molecule has 2 aromatic rings. The number of benzene rings is 2. The Hall–Kier alpha value is -1.88. The van der Waals surface area contributed by atoms with Gasteiger partial charge in [0.15, 0.2) is 0 Å². The van der Waals surface area contributed by atoms with Crippen LogP contribution in [0.1, 0.15) is 22.7 Å². The lowest BCUT2D eigenvalue weighted by Crippen LogP contribution is -2.15. The first-order valence-corrected chi connectivity index (χ1v) is 6.04. The van der Waals surface area contributed by atoms with Crippen molar-refractivity contribution in [3.05, 3.63) is 71.0 Å². The van der Waals surface area contributed by atoms with Gasteiger partial charge in [0, 0.05) is 6.04 Å². The molecular weight excluding hydrogens is 270 g/mol. The molecule has 20 heavy (non-hydrogen) atoms. The van der Waals surface area contributed by atoms with E-state index >= 15 is 0 Å². The van der Waals surface area contributed by atoms with E-state index in [0.717, 1.165) is 12.1 Å². The van der Waals surface area contributed by atoms with Gasteiger partial charge >= 0.3 is 6.18 Å². The largest absolute Gasteiger partial charge is 0.416 e. The monoisotopic (exact) mass is 283 g/mol. The molecule has 2 rings (SSSR count). The van der Waals surface area contributed by atoms with Crippen LogP contribution in [-0.2, 0) is 12.6 Å². The van der Waals surface area contributed by atoms with Crippen molar-refractivity contribution in [2.75, 3.05) is 0 Å². The average Bonchev–Trinajstić information content (AvgIpc) is 2.40. The van der Waals surface area contributed by atoms with Gasteiger partial charge in [0.1, 0.15) is 5.82 Å². The first kappa shape index (κ1) is 14.5. The van der Waals surface area contributed by atoms with E-state index in [4.69, 9.17) is 5.73 Å². The molecule has 0 saturated heterocycles. The van der Waals surface area contributed by atoms with Gasteiger partial charge in [0.2, 0.25) is 0 Å². The maximum atomic E-state index is 13.5. The predicted molar refractivity (Wildman–Crippen MR) is 68.5 cm³/mol. The van der Waals surface area contributed by atoms with Crippen LogP contribution in [-0.4, -0.2) is 0 Å². The van der Waals surface area contributed by atoms with E-state index in [9.17, 15) is 17.6 Å². The SMILES string of the molecule is NC(Cc1ccccc1F)c1cccc(C(F)(F)F)c1. The van der Waals surface area contributed by atoms with E-state index in [2.05, 4.69) is 0 Å². The third kappa shape index (κ3) is 3.36. The number of rotatable bonds is 3. The first-order valence-electron chi connectivity index (χ1n) is 6.04. The summed E-state index contributed by atoms with van der Waals surface area (Å²) in [7, 11) is 0. The molecule has 0 bridgehead atoms. The number of halogens is 4. The van der Waals surface area contributed by atoms with Gasteiger partial charge in [-0.2, -0.15) is 13.2 Å². The Morgan fingerprint density at radius 3 is 2.35 bits per heavy atom. The van der Waals surface area contributed by atoms with E-state index in [1.54, 1.807) is 18.2 Å². The lowest BCUT2D eigenvalue weighted by Gasteiger charge is -2.15. The minimum Gasteiger partial charge on any atom is -0.324 e. The lowest BCUT2D eigenvalue weighted by molar-refractivity contribution is -0.137. The predicted octanol–water partition coefficient (Wildman–Crippen LogP) is 4.09. The molecule has 1 unspecified atom stereocenters. The molecule has 0 aliphatic carbocycles. The van der Waals surface area contributed by atoms with Gasteiger partial charge in [-0.3, -0.25) is 0 Å². The van der Waals surface area contributed by atoms with Crippen LogP contribution in [0.4, 0.5) is 17.6 Å². The molecule has 0 amide bonds. The zero-order chi connectivity index (χ0) is 14.8. The fourth-order valence-electron chi connectivity index (χ4n) is 1.96. The fraction of sp³-hybridized carbons (Fsp3) is 0.200. The summed E-state index contributed by atoms with van der Waals surface area (Å²) in [5.41, 5.74) is 5.85. The number of nitrogens with two attached hydrogens (primary N) is 1. The second-order valence-corrected chi connectivity index (χ2v) is 4.53. The molecule has 0 aliphatic heterocycles. The first-order chi connectivity index (χ1) is 9.38. The highest BCUT2D eigenvalue weighted by Crippen LogP contribution is 2.31. The summed E-state index contributed by atoms with van der Waals surface area (Å²) in [5.74, 6) is -0.407.